The highest BCUT2D eigenvalue weighted by molar-refractivity contribution is 7.99. The zero-order valence-electron chi connectivity index (χ0n) is 15.0. The number of aromatic nitrogens is 3. The van der Waals surface area contributed by atoms with Gasteiger partial charge in [-0.15, -0.1) is 0 Å². The van der Waals surface area contributed by atoms with Crippen LogP contribution in [0.3, 0.4) is 0 Å². The van der Waals surface area contributed by atoms with E-state index in [-0.39, 0.29) is 10.9 Å². The number of hydrogen-bond donors (Lipinski definition) is 3. The molecule has 1 aliphatic rings. The van der Waals surface area contributed by atoms with Crippen molar-refractivity contribution in [1.82, 2.24) is 15.0 Å². The van der Waals surface area contributed by atoms with Crippen molar-refractivity contribution in [3.63, 3.8) is 0 Å². The van der Waals surface area contributed by atoms with E-state index in [0.717, 1.165) is 23.6 Å². The first-order valence-corrected chi connectivity index (χ1v) is 9.53. The van der Waals surface area contributed by atoms with Gasteiger partial charge in [0.15, 0.2) is 0 Å². The molecule has 0 saturated carbocycles. The molecule has 1 aliphatic heterocycles. The number of thioether (sulfide) groups is 1. The zero-order chi connectivity index (χ0) is 17.9. The summed E-state index contributed by atoms with van der Waals surface area (Å²) >= 11 is 1.75. The van der Waals surface area contributed by atoms with Gasteiger partial charge in [0.2, 0.25) is 0 Å². The van der Waals surface area contributed by atoms with E-state index in [9.17, 15) is 0 Å². The van der Waals surface area contributed by atoms with Gasteiger partial charge in [-0.2, -0.15) is 16.7 Å². The van der Waals surface area contributed by atoms with Crippen LogP contribution in [0.25, 0.3) is 0 Å². The second kappa shape index (κ2) is 7.35. The van der Waals surface area contributed by atoms with Crippen molar-refractivity contribution in [2.24, 2.45) is 0 Å². The van der Waals surface area contributed by atoms with Gasteiger partial charge in [-0.25, -0.2) is 9.97 Å². The number of hydrogen-bond acceptors (Lipinski definition) is 8. The maximum atomic E-state index is 5.72. The fourth-order valence-corrected chi connectivity index (χ4v) is 2.46. The highest BCUT2D eigenvalue weighted by Gasteiger charge is 2.19. The Morgan fingerprint density at radius 2 is 2.04 bits per heavy atom. The lowest BCUT2D eigenvalue weighted by atomic mass is 10.2. The molecular weight excluding hydrogens is 336 g/mol. The molecule has 3 rings (SSSR count). The maximum absolute atomic E-state index is 5.72. The molecule has 0 amide bonds. The summed E-state index contributed by atoms with van der Waals surface area (Å²) < 4.78 is 5.73. The van der Waals surface area contributed by atoms with Crippen LogP contribution in [-0.2, 0) is 0 Å². The Balaban J connectivity index is 1.67. The summed E-state index contributed by atoms with van der Waals surface area (Å²) in [5.41, 5.74) is 2.06. The van der Waals surface area contributed by atoms with Crippen molar-refractivity contribution in [1.29, 1.82) is 0 Å². The molecule has 0 spiro atoms. The second-order valence-electron chi connectivity index (χ2n) is 6.47. The van der Waals surface area contributed by atoms with Gasteiger partial charge in [0.1, 0.15) is 18.2 Å². The molecule has 7 nitrogen and oxygen atoms in total. The molecule has 0 bridgehead atoms. The third-order valence-electron chi connectivity index (χ3n) is 3.96. The predicted molar refractivity (Wildman–Crippen MR) is 104 cm³/mol. The minimum absolute atomic E-state index is 0.0167. The normalized spacial score (nSPS) is 15.9. The summed E-state index contributed by atoms with van der Waals surface area (Å²) in [6.45, 7) is 6.92. The SMILES string of the molecule is CCC1Nc2cnc(Nc3ccnc(OCC(C)(C)SC)n3)cc2N1. The molecule has 0 aliphatic carbocycles. The van der Waals surface area contributed by atoms with Crippen LogP contribution in [0, 0.1) is 0 Å². The summed E-state index contributed by atoms with van der Waals surface area (Å²) in [4.78, 5) is 13.0. The maximum Gasteiger partial charge on any atom is 0.318 e. The molecule has 134 valence electrons. The van der Waals surface area contributed by atoms with E-state index in [4.69, 9.17) is 4.74 Å². The van der Waals surface area contributed by atoms with Crippen LogP contribution in [0.4, 0.5) is 23.0 Å². The smallest absolute Gasteiger partial charge is 0.318 e. The van der Waals surface area contributed by atoms with Crippen LogP contribution in [0.2, 0.25) is 0 Å². The monoisotopic (exact) mass is 360 g/mol. The standard InChI is InChI=1S/C17H24N6OS/c1-5-13-20-11-8-15(19-9-12(11)21-13)22-14-6-7-18-16(23-14)24-10-17(2,3)25-4/h6-9,13,20-21H,5,10H2,1-4H3,(H,18,19,22,23). The minimum Gasteiger partial charge on any atom is -0.462 e. The molecule has 1 unspecified atom stereocenters. The van der Waals surface area contributed by atoms with E-state index in [1.807, 2.05) is 12.3 Å². The van der Waals surface area contributed by atoms with Gasteiger partial charge in [-0.05, 0) is 32.6 Å². The largest absolute Gasteiger partial charge is 0.462 e. The predicted octanol–water partition coefficient (Wildman–Crippen LogP) is 3.71. The van der Waals surface area contributed by atoms with Gasteiger partial charge in [-0.3, -0.25) is 0 Å². The van der Waals surface area contributed by atoms with Crippen LogP contribution in [-0.4, -0.2) is 38.7 Å². The Bertz CT molecular complexity index is 739. The van der Waals surface area contributed by atoms with Gasteiger partial charge in [0.25, 0.3) is 0 Å². The molecule has 1 atom stereocenters. The van der Waals surface area contributed by atoms with Crippen molar-refractivity contribution in [3.8, 4) is 6.01 Å². The Labute approximate surface area is 152 Å². The van der Waals surface area contributed by atoms with Crippen LogP contribution >= 0.6 is 11.8 Å². The first-order valence-electron chi connectivity index (χ1n) is 8.30. The van der Waals surface area contributed by atoms with E-state index < -0.39 is 0 Å². The molecule has 2 aromatic rings. The third kappa shape index (κ3) is 4.45. The topological polar surface area (TPSA) is 84.0 Å². The number of nitrogens with one attached hydrogen (secondary N) is 3. The van der Waals surface area contributed by atoms with Crippen molar-refractivity contribution in [3.05, 3.63) is 24.5 Å². The van der Waals surface area contributed by atoms with Gasteiger partial charge in [0.05, 0.1) is 23.7 Å². The van der Waals surface area contributed by atoms with E-state index in [1.165, 1.54) is 0 Å². The second-order valence-corrected chi connectivity index (χ2v) is 7.98. The Hall–Kier alpha value is -2.22. The molecule has 3 N–H and O–H groups in total. The number of fused-ring (bicyclic) bond motifs is 1. The van der Waals surface area contributed by atoms with Crippen molar-refractivity contribution in [2.45, 2.75) is 38.1 Å². The lowest BCUT2D eigenvalue weighted by molar-refractivity contribution is 0.266. The van der Waals surface area contributed by atoms with E-state index >= 15 is 0 Å². The summed E-state index contributed by atoms with van der Waals surface area (Å²) in [6, 6.07) is 4.12. The fourth-order valence-electron chi connectivity index (χ4n) is 2.28. The van der Waals surface area contributed by atoms with Crippen LogP contribution in [0.5, 0.6) is 6.01 Å². The molecule has 2 aromatic heterocycles. The molecule has 8 heteroatoms. The number of rotatable bonds is 7. The quantitative estimate of drug-likeness (QED) is 0.689. The number of pyridine rings is 1. The van der Waals surface area contributed by atoms with Gasteiger partial charge in [0, 0.05) is 17.0 Å². The molecule has 0 radical (unpaired) electrons. The molecule has 3 heterocycles. The lowest BCUT2D eigenvalue weighted by Crippen LogP contribution is -2.24. The average molecular weight is 360 g/mol. The highest BCUT2D eigenvalue weighted by atomic mass is 32.2. The summed E-state index contributed by atoms with van der Waals surface area (Å²) in [7, 11) is 0. The zero-order valence-corrected chi connectivity index (χ0v) is 15.8. The van der Waals surface area contributed by atoms with Crippen LogP contribution in [0.15, 0.2) is 24.5 Å². The van der Waals surface area contributed by atoms with Crippen molar-refractivity contribution < 1.29 is 4.74 Å². The average Bonchev–Trinajstić information content (AvgIpc) is 3.03. The van der Waals surface area contributed by atoms with Crippen molar-refractivity contribution in [2.75, 3.05) is 28.8 Å². The minimum atomic E-state index is 0.0167. The fraction of sp³-hybridized carbons (Fsp3) is 0.471. The molecular formula is C17H24N6OS. The summed E-state index contributed by atoms with van der Waals surface area (Å²) in [5, 5.41) is 9.99. The van der Waals surface area contributed by atoms with E-state index in [0.29, 0.717) is 18.4 Å². The van der Waals surface area contributed by atoms with Crippen molar-refractivity contribution >= 4 is 34.8 Å². The van der Waals surface area contributed by atoms with Crippen LogP contribution in [0.1, 0.15) is 27.2 Å². The van der Waals surface area contributed by atoms with Gasteiger partial charge in [-0.1, -0.05) is 6.92 Å². The summed E-state index contributed by atoms with van der Waals surface area (Å²) in [6.07, 6.45) is 6.81. The molecule has 0 aromatic carbocycles. The number of ether oxygens (including phenoxy) is 1. The first kappa shape index (κ1) is 17.6. The van der Waals surface area contributed by atoms with Gasteiger partial charge < -0.3 is 20.7 Å². The summed E-state index contributed by atoms with van der Waals surface area (Å²) in [5.74, 6) is 1.37. The van der Waals surface area contributed by atoms with E-state index in [2.05, 4.69) is 57.9 Å². The first-order chi connectivity index (χ1) is 12.0. The third-order valence-corrected chi connectivity index (χ3v) is 5.19. The Kier molecular flexibility index (Phi) is 5.17. The number of nitrogens with zero attached hydrogens (tertiary/aromatic N) is 3. The lowest BCUT2D eigenvalue weighted by Gasteiger charge is -2.21. The molecule has 0 fully saturated rings. The van der Waals surface area contributed by atoms with Crippen LogP contribution < -0.4 is 20.7 Å². The number of anilines is 4. The molecule has 25 heavy (non-hydrogen) atoms. The Morgan fingerprint density at radius 3 is 2.80 bits per heavy atom. The van der Waals surface area contributed by atoms with Gasteiger partial charge >= 0.3 is 6.01 Å². The Morgan fingerprint density at radius 1 is 1.24 bits per heavy atom. The van der Waals surface area contributed by atoms with E-state index in [1.54, 1.807) is 24.0 Å². The molecule has 0 saturated heterocycles. The highest BCUT2D eigenvalue weighted by Crippen LogP contribution is 2.31.